The van der Waals surface area contributed by atoms with E-state index < -0.39 is 28.7 Å². The van der Waals surface area contributed by atoms with Gasteiger partial charge in [-0.25, -0.2) is 4.98 Å². The molecule has 0 aliphatic carbocycles. The minimum absolute atomic E-state index is 0.110. The van der Waals surface area contributed by atoms with Crippen LogP contribution in [0, 0.1) is 24.0 Å². The van der Waals surface area contributed by atoms with Crippen molar-refractivity contribution < 1.29 is 19.2 Å². The molecule has 5 rings (SSSR count). The molecule has 0 atom stereocenters. The highest BCUT2D eigenvalue weighted by Crippen LogP contribution is 2.37. The summed E-state index contributed by atoms with van der Waals surface area (Å²) in [5, 5.41) is 19.5. The lowest BCUT2D eigenvalue weighted by atomic mass is 9.96. The fraction of sp³-hybridized carbons (Fsp3) is 0.200. The van der Waals surface area contributed by atoms with E-state index in [0.29, 0.717) is 22.2 Å². The Bertz CT molecular complexity index is 2110. The SMILES string of the molecule is COc1cc(C)c(-c2nc3ccccc3c(=O)n2N=Cc2cc(Cl)c(OCC(=O)Nc3ccccc3C)c([N+](=O)[O-])c2)cc1C(C)C. The first-order valence-electron chi connectivity index (χ1n) is 14.7. The van der Waals surface area contributed by atoms with Gasteiger partial charge in [-0.3, -0.25) is 19.7 Å². The lowest BCUT2D eigenvalue weighted by molar-refractivity contribution is -0.385. The zero-order valence-corrected chi connectivity index (χ0v) is 27.2. The van der Waals surface area contributed by atoms with Gasteiger partial charge >= 0.3 is 5.69 Å². The summed E-state index contributed by atoms with van der Waals surface area (Å²) in [5.74, 6) is 0.337. The molecule has 11 nitrogen and oxygen atoms in total. The molecule has 12 heteroatoms. The van der Waals surface area contributed by atoms with E-state index in [4.69, 9.17) is 26.1 Å². The van der Waals surface area contributed by atoms with Gasteiger partial charge in [-0.2, -0.15) is 9.78 Å². The first-order valence-corrected chi connectivity index (χ1v) is 15.1. The van der Waals surface area contributed by atoms with E-state index >= 15 is 0 Å². The average Bonchev–Trinajstić information content (AvgIpc) is 3.04. The van der Waals surface area contributed by atoms with Gasteiger partial charge in [-0.05, 0) is 72.9 Å². The summed E-state index contributed by atoms with van der Waals surface area (Å²) in [6.45, 7) is 7.29. The number of aromatic nitrogens is 2. The third-order valence-corrected chi connectivity index (χ3v) is 7.81. The minimum atomic E-state index is -0.666. The predicted molar refractivity (Wildman–Crippen MR) is 183 cm³/mol. The molecule has 1 heterocycles. The van der Waals surface area contributed by atoms with Crippen molar-refractivity contribution in [2.24, 2.45) is 5.10 Å². The lowest BCUT2D eigenvalue weighted by Crippen LogP contribution is -2.21. The average molecular weight is 654 g/mol. The van der Waals surface area contributed by atoms with Crippen LogP contribution in [0.1, 0.15) is 42.0 Å². The van der Waals surface area contributed by atoms with Crippen molar-refractivity contribution >= 4 is 46.0 Å². The summed E-state index contributed by atoms with van der Waals surface area (Å²) in [6.07, 6.45) is 1.29. The predicted octanol–water partition coefficient (Wildman–Crippen LogP) is 7.27. The van der Waals surface area contributed by atoms with Crippen molar-refractivity contribution in [2.75, 3.05) is 19.0 Å². The molecular formula is C35H32ClN5O6. The summed E-state index contributed by atoms with van der Waals surface area (Å²) in [4.78, 5) is 42.5. The smallest absolute Gasteiger partial charge is 0.313 e. The molecular weight excluding hydrogens is 622 g/mol. The second-order valence-corrected chi connectivity index (χ2v) is 11.5. The molecule has 0 bridgehead atoms. The zero-order valence-electron chi connectivity index (χ0n) is 26.4. The number of carbonyl (C=O) groups excluding carboxylic acids is 1. The van der Waals surface area contributed by atoms with E-state index in [0.717, 1.165) is 22.4 Å². The number of aryl methyl sites for hydroxylation is 2. The molecule has 0 unspecified atom stereocenters. The standard InChI is InChI=1S/C35H32ClN5O6/c1-20(2)25-17-26(22(4)14-31(25)46-5)34-39-29-13-9-7-11-24(29)35(43)40(34)37-18-23-15-27(36)33(30(16-23)41(44)45)47-19-32(42)38-28-12-8-6-10-21(28)3/h6-18,20H,19H2,1-5H3,(H,38,42). The van der Waals surface area contributed by atoms with Crippen LogP contribution in [0.15, 0.2) is 82.7 Å². The number of nitrogens with zero attached hydrogens (tertiary/aromatic N) is 4. The van der Waals surface area contributed by atoms with Gasteiger partial charge in [-0.15, -0.1) is 0 Å². The van der Waals surface area contributed by atoms with Gasteiger partial charge < -0.3 is 14.8 Å². The van der Waals surface area contributed by atoms with Gasteiger partial charge in [0.05, 0.1) is 34.2 Å². The van der Waals surface area contributed by atoms with Crippen LogP contribution >= 0.6 is 11.6 Å². The molecule has 0 fully saturated rings. The highest BCUT2D eigenvalue weighted by atomic mass is 35.5. The van der Waals surface area contributed by atoms with Crippen LogP contribution in [0.3, 0.4) is 0 Å². The summed E-state index contributed by atoms with van der Waals surface area (Å²) in [5.41, 5.74) is 3.66. The van der Waals surface area contributed by atoms with Crippen molar-refractivity contribution in [3.8, 4) is 22.9 Å². The molecule has 0 saturated heterocycles. The summed E-state index contributed by atoms with van der Waals surface area (Å²) in [6, 6.07) is 20.6. The van der Waals surface area contributed by atoms with Gasteiger partial charge in [0, 0.05) is 22.9 Å². The Morgan fingerprint density at radius 2 is 1.81 bits per heavy atom. The van der Waals surface area contributed by atoms with Crippen molar-refractivity contribution in [3.05, 3.63) is 121 Å². The first kappa shape index (κ1) is 32.8. The zero-order chi connectivity index (χ0) is 33.8. The van der Waals surface area contributed by atoms with Gasteiger partial charge in [-0.1, -0.05) is 55.8 Å². The number of amides is 1. The monoisotopic (exact) mass is 653 g/mol. The molecule has 0 spiro atoms. The number of ether oxygens (including phenoxy) is 2. The maximum Gasteiger partial charge on any atom is 0.313 e. The molecule has 0 saturated carbocycles. The molecule has 0 aliphatic heterocycles. The topological polar surface area (TPSA) is 138 Å². The van der Waals surface area contributed by atoms with E-state index in [1.807, 2.05) is 52.0 Å². The molecule has 0 radical (unpaired) electrons. The summed E-state index contributed by atoms with van der Waals surface area (Å²) in [7, 11) is 1.61. The number of nitro benzene ring substituents is 1. The molecule has 4 aromatic carbocycles. The van der Waals surface area contributed by atoms with Crippen molar-refractivity contribution in [1.82, 2.24) is 9.66 Å². The Balaban J connectivity index is 1.54. The fourth-order valence-electron chi connectivity index (χ4n) is 5.09. The minimum Gasteiger partial charge on any atom is -0.496 e. The number of anilines is 1. The highest BCUT2D eigenvalue weighted by Gasteiger charge is 2.22. The third kappa shape index (κ3) is 7.00. The van der Waals surface area contributed by atoms with Crippen molar-refractivity contribution in [3.63, 3.8) is 0 Å². The maximum atomic E-state index is 13.8. The summed E-state index contributed by atoms with van der Waals surface area (Å²) < 4.78 is 12.3. The quantitative estimate of drug-likeness (QED) is 0.0950. The van der Waals surface area contributed by atoms with E-state index in [1.165, 1.54) is 23.0 Å². The number of fused-ring (bicyclic) bond motifs is 1. The normalized spacial score (nSPS) is 11.3. The van der Waals surface area contributed by atoms with Crippen LogP contribution in [0.4, 0.5) is 11.4 Å². The van der Waals surface area contributed by atoms with Crippen molar-refractivity contribution in [2.45, 2.75) is 33.6 Å². The second kappa shape index (κ2) is 13.8. The molecule has 5 aromatic rings. The number of hydrogen-bond acceptors (Lipinski definition) is 8. The number of para-hydroxylation sites is 2. The number of nitrogens with one attached hydrogen (secondary N) is 1. The van der Waals surface area contributed by atoms with E-state index in [9.17, 15) is 19.7 Å². The van der Waals surface area contributed by atoms with Gasteiger partial charge in [0.25, 0.3) is 11.5 Å². The molecule has 1 N–H and O–H groups in total. The molecule has 0 aliphatic rings. The van der Waals surface area contributed by atoms with E-state index in [-0.39, 0.29) is 28.1 Å². The Labute approximate surface area is 275 Å². The van der Waals surface area contributed by atoms with Crippen LogP contribution in [0.2, 0.25) is 5.02 Å². The number of hydrogen-bond donors (Lipinski definition) is 1. The lowest BCUT2D eigenvalue weighted by Gasteiger charge is -2.17. The van der Waals surface area contributed by atoms with Crippen LogP contribution in [-0.2, 0) is 4.79 Å². The van der Waals surface area contributed by atoms with Crippen LogP contribution in [0.25, 0.3) is 22.3 Å². The fourth-order valence-corrected chi connectivity index (χ4v) is 5.36. The number of methoxy groups -OCH3 is 1. The highest BCUT2D eigenvalue weighted by molar-refractivity contribution is 6.32. The second-order valence-electron chi connectivity index (χ2n) is 11.1. The number of halogens is 1. The number of nitro groups is 1. The van der Waals surface area contributed by atoms with Crippen molar-refractivity contribution in [1.29, 1.82) is 0 Å². The van der Waals surface area contributed by atoms with Crippen LogP contribution < -0.4 is 20.3 Å². The molecule has 240 valence electrons. The molecule has 47 heavy (non-hydrogen) atoms. The van der Waals surface area contributed by atoms with Gasteiger partial charge in [0.15, 0.2) is 12.4 Å². The molecule has 1 aromatic heterocycles. The number of rotatable bonds is 10. The number of carbonyl (C=O) groups is 1. The Morgan fingerprint density at radius 1 is 1.09 bits per heavy atom. The van der Waals surface area contributed by atoms with Crippen LogP contribution in [0.5, 0.6) is 11.5 Å². The Hall–Kier alpha value is -5.55. The maximum absolute atomic E-state index is 13.8. The first-order chi connectivity index (χ1) is 22.5. The summed E-state index contributed by atoms with van der Waals surface area (Å²) >= 11 is 6.45. The molecule has 1 amide bonds. The van der Waals surface area contributed by atoms with E-state index in [2.05, 4.69) is 10.4 Å². The van der Waals surface area contributed by atoms with Gasteiger partial charge in [0.1, 0.15) is 5.75 Å². The van der Waals surface area contributed by atoms with Gasteiger partial charge in [0.2, 0.25) is 5.75 Å². The Kier molecular flexibility index (Phi) is 9.67. The largest absolute Gasteiger partial charge is 0.496 e. The number of benzene rings is 4. The Morgan fingerprint density at radius 3 is 2.51 bits per heavy atom. The third-order valence-electron chi connectivity index (χ3n) is 7.53. The van der Waals surface area contributed by atoms with E-state index in [1.54, 1.807) is 43.5 Å². The van der Waals surface area contributed by atoms with Crippen LogP contribution in [-0.4, -0.2) is 40.4 Å².